The van der Waals surface area contributed by atoms with Gasteiger partial charge in [0.1, 0.15) is 0 Å². The fourth-order valence-electron chi connectivity index (χ4n) is 2.61. The van der Waals surface area contributed by atoms with Crippen LogP contribution in [0, 0.1) is 0 Å². The summed E-state index contributed by atoms with van der Waals surface area (Å²) in [5.74, 6) is 0. The Morgan fingerprint density at radius 2 is 2.06 bits per heavy atom. The van der Waals surface area contributed by atoms with Crippen molar-refractivity contribution in [1.29, 1.82) is 0 Å². The Bertz CT molecular complexity index is 514. The van der Waals surface area contributed by atoms with Gasteiger partial charge >= 0.3 is 0 Å². The quantitative estimate of drug-likeness (QED) is 0.870. The van der Waals surface area contributed by atoms with Crippen molar-refractivity contribution in [1.82, 2.24) is 15.1 Å². The van der Waals surface area contributed by atoms with Crippen LogP contribution in [-0.4, -0.2) is 16.8 Å². The largest absolute Gasteiger partial charge is 0.314 e. The van der Waals surface area contributed by atoms with Crippen molar-refractivity contribution >= 4 is 0 Å². The molecule has 0 fully saturated rings. The monoisotopic (exact) mass is 227 g/mol. The Labute approximate surface area is 101 Å². The topological polar surface area (TPSA) is 29.9 Å². The van der Waals surface area contributed by atoms with Crippen LogP contribution in [0.5, 0.6) is 0 Å². The van der Waals surface area contributed by atoms with Gasteiger partial charge in [-0.05, 0) is 44.0 Å². The Balaban J connectivity index is 2.09. The molecule has 1 N–H and O–H groups in total. The van der Waals surface area contributed by atoms with Gasteiger partial charge in [-0.15, -0.1) is 0 Å². The molecule has 17 heavy (non-hydrogen) atoms. The molecule has 0 spiro atoms. The Morgan fingerprint density at radius 3 is 2.82 bits per heavy atom. The lowest BCUT2D eigenvalue weighted by atomic mass is 10.2. The van der Waals surface area contributed by atoms with E-state index in [0.29, 0.717) is 0 Å². The molecule has 0 amide bonds. The summed E-state index contributed by atoms with van der Waals surface area (Å²) >= 11 is 0. The van der Waals surface area contributed by atoms with Gasteiger partial charge in [-0.2, -0.15) is 5.10 Å². The third-order valence-corrected chi connectivity index (χ3v) is 3.36. The first-order chi connectivity index (χ1) is 8.40. The number of hydrogen-bond donors (Lipinski definition) is 1. The number of rotatable bonds is 3. The molecule has 1 aliphatic carbocycles. The number of benzene rings is 1. The summed E-state index contributed by atoms with van der Waals surface area (Å²) in [6.07, 6.45) is 3.59. The molecule has 0 radical (unpaired) electrons. The Kier molecular flexibility index (Phi) is 2.69. The summed E-state index contributed by atoms with van der Waals surface area (Å²) < 4.78 is 2.12. The second-order valence-electron chi connectivity index (χ2n) is 4.50. The zero-order valence-electron chi connectivity index (χ0n) is 10.1. The predicted molar refractivity (Wildman–Crippen MR) is 68.4 cm³/mol. The minimum Gasteiger partial charge on any atom is -0.314 e. The molecule has 0 atom stereocenters. The lowest BCUT2D eigenvalue weighted by Gasteiger charge is -2.04. The molecule has 0 aliphatic heterocycles. The molecule has 3 nitrogen and oxygen atoms in total. The van der Waals surface area contributed by atoms with E-state index < -0.39 is 0 Å². The SMILES string of the molecule is CNCc1nn(-c2ccccc2)c2c1CCC2. The maximum atomic E-state index is 4.75. The molecule has 0 unspecified atom stereocenters. The van der Waals surface area contributed by atoms with E-state index in [4.69, 9.17) is 5.10 Å². The van der Waals surface area contributed by atoms with Crippen LogP contribution in [0.1, 0.15) is 23.4 Å². The van der Waals surface area contributed by atoms with Crippen LogP contribution >= 0.6 is 0 Å². The molecule has 1 aromatic heterocycles. The third kappa shape index (κ3) is 1.76. The first-order valence-electron chi connectivity index (χ1n) is 6.20. The molecular formula is C14H17N3. The van der Waals surface area contributed by atoms with Crippen molar-refractivity contribution in [3.63, 3.8) is 0 Å². The number of nitrogens with one attached hydrogen (secondary N) is 1. The van der Waals surface area contributed by atoms with Crippen LogP contribution in [0.2, 0.25) is 0 Å². The number of hydrogen-bond acceptors (Lipinski definition) is 2. The van der Waals surface area contributed by atoms with E-state index in [-0.39, 0.29) is 0 Å². The van der Waals surface area contributed by atoms with Crippen molar-refractivity contribution in [2.75, 3.05) is 7.05 Å². The van der Waals surface area contributed by atoms with E-state index in [1.807, 2.05) is 13.1 Å². The van der Waals surface area contributed by atoms with Crippen LogP contribution < -0.4 is 5.32 Å². The van der Waals surface area contributed by atoms with Crippen molar-refractivity contribution < 1.29 is 0 Å². The van der Waals surface area contributed by atoms with Crippen molar-refractivity contribution in [3.05, 3.63) is 47.3 Å². The molecule has 1 heterocycles. The minimum atomic E-state index is 0.863. The van der Waals surface area contributed by atoms with E-state index in [9.17, 15) is 0 Å². The summed E-state index contributed by atoms with van der Waals surface area (Å²) in [6, 6.07) is 10.4. The summed E-state index contributed by atoms with van der Waals surface area (Å²) in [5, 5.41) is 7.95. The highest BCUT2D eigenvalue weighted by Gasteiger charge is 2.22. The highest BCUT2D eigenvalue weighted by molar-refractivity contribution is 5.39. The lowest BCUT2D eigenvalue weighted by molar-refractivity contribution is 0.721. The van der Waals surface area contributed by atoms with Crippen LogP contribution in [0.3, 0.4) is 0 Å². The number of aromatic nitrogens is 2. The van der Waals surface area contributed by atoms with Crippen LogP contribution in [0.15, 0.2) is 30.3 Å². The van der Waals surface area contributed by atoms with Crippen LogP contribution in [-0.2, 0) is 19.4 Å². The number of para-hydroxylation sites is 1. The molecule has 1 aliphatic rings. The average Bonchev–Trinajstić information content (AvgIpc) is 2.94. The number of nitrogens with zero attached hydrogens (tertiary/aromatic N) is 2. The summed E-state index contributed by atoms with van der Waals surface area (Å²) in [6.45, 7) is 0.863. The van der Waals surface area contributed by atoms with Gasteiger partial charge in [0, 0.05) is 12.2 Å². The first kappa shape index (κ1) is 10.5. The van der Waals surface area contributed by atoms with Gasteiger partial charge in [-0.1, -0.05) is 18.2 Å². The van der Waals surface area contributed by atoms with Crippen molar-refractivity contribution in [2.24, 2.45) is 0 Å². The molecule has 2 aromatic rings. The minimum absolute atomic E-state index is 0.863. The fourth-order valence-corrected chi connectivity index (χ4v) is 2.61. The standard InChI is InChI=1S/C14H17N3/c1-15-10-13-12-8-5-9-14(12)17(16-13)11-6-3-2-4-7-11/h2-4,6-7,15H,5,8-10H2,1H3. The molecule has 0 saturated carbocycles. The first-order valence-corrected chi connectivity index (χ1v) is 6.20. The molecule has 0 bridgehead atoms. The van der Waals surface area contributed by atoms with Gasteiger partial charge < -0.3 is 5.32 Å². The van der Waals surface area contributed by atoms with Crippen LogP contribution in [0.25, 0.3) is 5.69 Å². The van der Waals surface area contributed by atoms with E-state index in [1.54, 1.807) is 0 Å². The predicted octanol–water partition coefficient (Wildman–Crippen LogP) is 2.08. The Hall–Kier alpha value is -1.61. The summed E-state index contributed by atoms with van der Waals surface area (Å²) in [7, 11) is 1.98. The molecule has 3 heteroatoms. The highest BCUT2D eigenvalue weighted by atomic mass is 15.3. The van der Waals surface area contributed by atoms with E-state index in [2.05, 4.69) is 34.3 Å². The number of fused-ring (bicyclic) bond motifs is 1. The molecule has 88 valence electrons. The summed E-state index contributed by atoms with van der Waals surface area (Å²) in [4.78, 5) is 0. The second kappa shape index (κ2) is 4.34. The molecule has 3 rings (SSSR count). The molecule has 0 saturated heterocycles. The summed E-state index contributed by atoms with van der Waals surface area (Å²) in [5.41, 5.74) is 5.25. The third-order valence-electron chi connectivity index (χ3n) is 3.36. The van der Waals surface area contributed by atoms with E-state index in [0.717, 1.165) is 13.0 Å². The zero-order chi connectivity index (χ0) is 11.7. The van der Waals surface area contributed by atoms with E-state index in [1.165, 1.54) is 35.5 Å². The van der Waals surface area contributed by atoms with Gasteiger partial charge in [0.2, 0.25) is 0 Å². The molecule has 1 aromatic carbocycles. The van der Waals surface area contributed by atoms with Crippen molar-refractivity contribution in [3.8, 4) is 5.69 Å². The van der Waals surface area contributed by atoms with Gasteiger partial charge in [-0.25, -0.2) is 4.68 Å². The second-order valence-corrected chi connectivity index (χ2v) is 4.50. The van der Waals surface area contributed by atoms with E-state index >= 15 is 0 Å². The lowest BCUT2D eigenvalue weighted by Crippen LogP contribution is -2.08. The van der Waals surface area contributed by atoms with Gasteiger partial charge in [0.15, 0.2) is 0 Å². The Morgan fingerprint density at radius 1 is 1.24 bits per heavy atom. The highest BCUT2D eigenvalue weighted by Crippen LogP contribution is 2.27. The van der Waals surface area contributed by atoms with Crippen LogP contribution in [0.4, 0.5) is 0 Å². The zero-order valence-corrected chi connectivity index (χ0v) is 10.1. The molecular weight excluding hydrogens is 210 g/mol. The van der Waals surface area contributed by atoms with Gasteiger partial charge in [0.05, 0.1) is 11.4 Å². The normalized spacial score (nSPS) is 13.9. The maximum Gasteiger partial charge on any atom is 0.0801 e. The van der Waals surface area contributed by atoms with Crippen molar-refractivity contribution in [2.45, 2.75) is 25.8 Å². The van der Waals surface area contributed by atoms with Gasteiger partial charge in [-0.3, -0.25) is 0 Å². The maximum absolute atomic E-state index is 4.75. The fraction of sp³-hybridized carbons (Fsp3) is 0.357. The van der Waals surface area contributed by atoms with Gasteiger partial charge in [0.25, 0.3) is 0 Å². The average molecular weight is 227 g/mol. The smallest absolute Gasteiger partial charge is 0.0801 e.